The molecule has 1 aromatic carbocycles. The summed E-state index contributed by atoms with van der Waals surface area (Å²) >= 11 is 0. The van der Waals surface area contributed by atoms with Crippen LogP contribution in [0.3, 0.4) is 0 Å². The maximum absolute atomic E-state index is 5.23. The molecule has 0 amide bonds. The van der Waals surface area contributed by atoms with Gasteiger partial charge in [-0.15, -0.1) is 0 Å². The maximum atomic E-state index is 5.23. The molecule has 1 aromatic rings. The van der Waals surface area contributed by atoms with Crippen molar-refractivity contribution in [1.82, 2.24) is 0 Å². The van der Waals surface area contributed by atoms with Crippen molar-refractivity contribution >= 4 is 0 Å². The minimum atomic E-state index is 0.990. The zero-order valence-electron chi connectivity index (χ0n) is 8.27. The van der Waals surface area contributed by atoms with Crippen molar-refractivity contribution in [2.24, 2.45) is 0 Å². The van der Waals surface area contributed by atoms with Gasteiger partial charge in [0.2, 0.25) is 0 Å². The molecule has 0 aromatic heterocycles. The minimum Gasteiger partial charge on any atom is -0.496 e. The lowest BCUT2D eigenvalue weighted by atomic mass is 10.0. The second-order valence-electron chi connectivity index (χ2n) is 3.03. The number of aryl methyl sites for hydroxylation is 1. The van der Waals surface area contributed by atoms with Crippen LogP contribution in [0.15, 0.2) is 12.1 Å². The molecule has 0 aliphatic heterocycles. The summed E-state index contributed by atoms with van der Waals surface area (Å²) in [6.07, 6.45) is 1.09. The Morgan fingerprint density at radius 1 is 1.17 bits per heavy atom. The van der Waals surface area contributed by atoms with Gasteiger partial charge in [0.1, 0.15) is 5.75 Å². The predicted molar refractivity (Wildman–Crippen MR) is 51.8 cm³/mol. The molecule has 0 saturated carbocycles. The standard InChI is InChI=1S/C11H16O/c1-5-10-6-7-11(12-4)9(3)8(10)2/h6-7H,5H2,1-4H3. The lowest BCUT2D eigenvalue weighted by Gasteiger charge is -2.10. The summed E-state index contributed by atoms with van der Waals surface area (Å²) < 4.78 is 5.23. The van der Waals surface area contributed by atoms with Crippen molar-refractivity contribution in [1.29, 1.82) is 0 Å². The van der Waals surface area contributed by atoms with Crippen molar-refractivity contribution < 1.29 is 4.74 Å². The first-order valence-electron chi connectivity index (χ1n) is 4.33. The number of hydrogen-bond acceptors (Lipinski definition) is 1. The van der Waals surface area contributed by atoms with E-state index in [9.17, 15) is 0 Å². The fourth-order valence-electron chi connectivity index (χ4n) is 1.46. The average molecular weight is 164 g/mol. The Balaban J connectivity index is 3.20. The Hall–Kier alpha value is -0.980. The van der Waals surface area contributed by atoms with Crippen LogP contribution in [0.5, 0.6) is 5.75 Å². The fourth-order valence-corrected chi connectivity index (χ4v) is 1.46. The number of methoxy groups -OCH3 is 1. The highest BCUT2D eigenvalue weighted by molar-refractivity contribution is 5.43. The van der Waals surface area contributed by atoms with Crippen LogP contribution in [0.1, 0.15) is 23.6 Å². The highest BCUT2D eigenvalue weighted by Crippen LogP contribution is 2.23. The molecule has 12 heavy (non-hydrogen) atoms. The van der Waals surface area contributed by atoms with Crippen molar-refractivity contribution in [2.75, 3.05) is 7.11 Å². The normalized spacial score (nSPS) is 10.0. The molecule has 0 aliphatic carbocycles. The van der Waals surface area contributed by atoms with E-state index in [-0.39, 0.29) is 0 Å². The molecule has 0 N–H and O–H groups in total. The number of benzene rings is 1. The molecule has 1 rings (SSSR count). The smallest absolute Gasteiger partial charge is 0.122 e. The molecule has 0 radical (unpaired) electrons. The van der Waals surface area contributed by atoms with Gasteiger partial charge in [-0.3, -0.25) is 0 Å². The SMILES string of the molecule is CCc1ccc(OC)c(C)c1C. The number of ether oxygens (including phenoxy) is 1. The first-order valence-corrected chi connectivity index (χ1v) is 4.33. The van der Waals surface area contributed by atoms with Gasteiger partial charge in [0.05, 0.1) is 7.11 Å². The van der Waals surface area contributed by atoms with Crippen LogP contribution < -0.4 is 4.74 Å². The lowest BCUT2D eigenvalue weighted by Crippen LogP contribution is -1.94. The van der Waals surface area contributed by atoms with Crippen molar-refractivity contribution in [3.8, 4) is 5.75 Å². The molecule has 0 spiro atoms. The van der Waals surface area contributed by atoms with Crippen LogP contribution >= 0.6 is 0 Å². The first-order chi connectivity index (χ1) is 5.70. The summed E-state index contributed by atoms with van der Waals surface area (Å²) in [6, 6.07) is 4.18. The molecule has 0 unspecified atom stereocenters. The molecule has 0 fully saturated rings. The van der Waals surface area contributed by atoms with Gasteiger partial charge in [-0.05, 0) is 43.0 Å². The van der Waals surface area contributed by atoms with Gasteiger partial charge >= 0.3 is 0 Å². The lowest BCUT2D eigenvalue weighted by molar-refractivity contribution is 0.411. The third-order valence-electron chi connectivity index (χ3n) is 2.45. The van der Waals surface area contributed by atoms with Gasteiger partial charge in [-0.1, -0.05) is 13.0 Å². The van der Waals surface area contributed by atoms with E-state index in [0.29, 0.717) is 0 Å². The van der Waals surface area contributed by atoms with E-state index in [1.54, 1.807) is 7.11 Å². The van der Waals surface area contributed by atoms with E-state index in [4.69, 9.17) is 4.74 Å². The molecule has 0 aliphatic rings. The van der Waals surface area contributed by atoms with E-state index in [1.807, 2.05) is 6.07 Å². The Morgan fingerprint density at radius 3 is 2.33 bits per heavy atom. The van der Waals surface area contributed by atoms with E-state index in [2.05, 4.69) is 26.8 Å². The summed E-state index contributed by atoms with van der Waals surface area (Å²) in [4.78, 5) is 0. The Morgan fingerprint density at radius 2 is 1.83 bits per heavy atom. The van der Waals surface area contributed by atoms with Crippen molar-refractivity contribution in [2.45, 2.75) is 27.2 Å². The quantitative estimate of drug-likeness (QED) is 0.653. The number of hydrogen-bond donors (Lipinski definition) is 0. The van der Waals surface area contributed by atoms with Crippen molar-refractivity contribution in [3.63, 3.8) is 0 Å². The zero-order valence-corrected chi connectivity index (χ0v) is 8.27. The van der Waals surface area contributed by atoms with E-state index < -0.39 is 0 Å². The molecule has 0 atom stereocenters. The number of rotatable bonds is 2. The minimum absolute atomic E-state index is 0.990. The maximum Gasteiger partial charge on any atom is 0.122 e. The topological polar surface area (TPSA) is 9.23 Å². The van der Waals surface area contributed by atoms with Gasteiger partial charge in [-0.25, -0.2) is 0 Å². The first kappa shape index (κ1) is 9.11. The predicted octanol–water partition coefficient (Wildman–Crippen LogP) is 2.87. The fraction of sp³-hybridized carbons (Fsp3) is 0.455. The van der Waals surface area contributed by atoms with Gasteiger partial charge in [0.25, 0.3) is 0 Å². The molecule has 1 nitrogen and oxygen atoms in total. The van der Waals surface area contributed by atoms with Crippen LogP contribution in [0, 0.1) is 13.8 Å². The summed E-state index contributed by atoms with van der Waals surface area (Å²) in [6.45, 7) is 6.43. The molecular formula is C11H16O. The van der Waals surface area contributed by atoms with Crippen LogP contribution in [0.2, 0.25) is 0 Å². The van der Waals surface area contributed by atoms with Crippen LogP contribution in [0.25, 0.3) is 0 Å². The highest BCUT2D eigenvalue weighted by Gasteiger charge is 2.03. The van der Waals surface area contributed by atoms with Gasteiger partial charge in [-0.2, -0.15) is 0 Å². The van der Waals surface area contributed by atoms with Crippen LogP contribution in [-0.4, -0.2) is 7.11 Å². The summed E-state index contributed by atoms with van der Waals surface area (Å²) in [5.41, 5.74) is 4.03. The molecule has 66 valence electrons. The molecule has 1 heteroatoms. The monoisotopic (exact) mass is 164 g/mol. The Kier molecular flexibility index (Phi) is 2.74. The van der Waals surface area contributed by atoms with E-state index in [1.165, 1.54) is 16.7 Å². The second kappa shape index (κ2) is 3.61. The van der Waals surface area contributed by atoms with Gasteiger partial charge < -0.3 is 4.74 Å². The molecule has 0 saturated heterocycles. The third kappa shape index (κ3) is 1.45. The second-order valence-corrected chi connectivity index (χ2v) is 3.03. The van der Waals surface area contributed by atoms with Gasteiger partial charge in [0.15, 0.2) is 0 Å². The molecule has 0 heterocycles. The molecular weight excluding hydrogens is 148 g/mol. The largest absolute Gasteiger partial charge is 0.496 e. The van der Waals surface area contributed by atoms with Crippen LogP contribution in [0.4, 0.5) is 0 Å². The Bertz CT molecular complexity index is 248. The van der Waals surface area contributed by atoms with Crippen molar-refractivity contribution in [3.05, 3.63) is 28.8 Å². The summed E-state index contributed by atoms with van der Waals surface area (Å²) in [7, 11) is 1.72. The highest BCUT2D eigenvalue weighted by atomic mass is 16.5. The van der Waals surface area contributed by atoms with Crippen LogP contribution in [-0.2, 0) is 6.42 Å². The summed E-state index contributed by atoms with van der Waals surface area (Å²) in [5.74, 6) is 0.990. The van der Waals surface area contributed by atoms with E-state index in [0.717, 1.165) is 12.2 Å². The van der Waals surface area contributed by atoms with Gasteiger partial charge in [0, 0.05) is 0 Å². The molecule has 0 bridgehead atoms. The zero-order chi connectivity index (χ0) is 9.14. The average Bonchev–Trinajstić information content (AvgIpc) is 2.10. The van der Waals surface area contributed by atoms with E-state index >= 15 is 0 Å². The third-order valence-corrected chi connectivity index (χ3v) is 2.45. The summed E-state index contributed by atoms with van der Waals surface area (Å²) in [5, 5.41) is 0. The Labute approximate surface area is 74.4 Å².